The summed E-state index contributed by atoms with van der Waals surface area (Å²) < 4.78 is 38.5. The van der Waals surface area contributed by atoms with Crippen LogP contribution < -0.4 is 4.90 Å². The molecule has 0 aromatic heterocycles. The van der Waals surface area contributed by atoms with Crippen molar-refractivity contribution in [2.45, 2.75) is 6.18 Å². The minimum Gasteiger partial charge on any atom is -0.481 e. The maximum absolute atomic E-state index is 12.8. The fourth-order valence-corrected chi connectivity index (χ4v) is 2.34. The summed E-state index contributed by atoms with van der Waals surface area (Å²) in [6.07, 6.45) is -4.54. The van der Waals surface area contributed by atoms with E-state index < -0.39 is 24.0 Å². The molecule has 1 N–H and O–H groups in total. The second-order valence-corrected chi connectivity index (χ2v) is 4.66. The van der Waals surface area contributed by atoms with Crippen LogP contribution in [0.5, 0.6) is 0 Å². The van der Waals surface area contributed by atoms with Gasteiger partial charge < -0.3 is 10.0 Å². The number of alkyl halides is 3. The van der Waals surface area contributed by atoms with E-state index in [-0.39, 0.29) is 13.1 Å². The molecule has 2 rings (SSSR count). The Labute approximate surface area is 113 Å². The normalized spacial score (nSPS) is 22.6. The third kappa shape index (κ3) is 2.69. The van der Waals surface area contributed by atoms with Crippen LogP contribution in [-0.4, -0.2) is 30.3 Å². The topological polar surface area (TPSA) is 64.3 Å². The number of carboxylic acids is 1. The molecule has 0 aliphatic carbocycles. The lowest BCUT2D eigenvalue weighted by atomic mass is 9.96. The van der Waals surface area contributed by atoms with E-state index in [1.165, 1.54) is 29.2 Å². The van der Waals surface area contributed by atoms with Gasteiger partial charge in [-0.2, -0.15) is 18.4 Å². The quantitative estimate of drug-likeness (QED) is 0.904. The Balaban J connectivity index is 2.23. The molecule has 0 unspecified atom stereocenters. The molecule has 1 aromatic carbocycles. The molecule has 0 bridgehead atoms. The Morgan fingerprint density at radius 1 is 1.30 bits per heavy atom. The molecule has 1 heterocycles. The highest BCUT2D eigenvalue weighted by Crippen LogP contribution is 2.39. The van der Waals surface area contributed by atoms with Crippen molar-refractivity contribution < 1.29 is 23.1 Å². The number of nitriles is 1. The third-order valence-corrected chi connectivity index (χ3v) is 3.42. The number of hydrogen-bond acceptors (Lipinski definition) is 3. The molecule has 1 aliphatic heterocycles. The van der Waals surface area contributed by atoms with Crippen LogP contribution in [0.1, 0.15) is 5.56 Å². The molecule has 20 heavy (non-hydrogen) atoms. The molecule has 1 fully saturated rings. The van der Waals surface area contributed by atoms with Crippen LogP contribution in [0, 0.1) is 23.2 Å². The van der Waals surface area contributed by atoms with Gasteiger partial charge in [0.05, 0.1) is 23.5 Å². The van der Waals surface area contributed by atoms with Gasteiger partial charge in [0, 0.05) is 18.8 Å². The van der Waals surface area contributed by atoms with Crippen molar-refractivity contribution >= 4 is 11.7 Å². The van der Waals surface area contributed by atoms with Crippen LogP contribution in [-0.2, 0) is 4.79 Å². The largest absolute Gasteiger partial charge is 0.481 e. The molecule has 1 aromatic rings. The Kier molecular flexibility index (Phi) is 3.57. The van der Waals surface area contributed by atoms with Gasteiger partial charge in [0.2, 0.25) is 0 Å². The summed E-state index contributed by atoms with van der Waals surface area (Å²) in [5, 5.41) is 17.6. The summed E-state index contributed by atoms with van der Waals surface area (Å²) >= 11 is 0. The maximum atomic E-state index is 12.8. The molecule has 4 nitrogen and oxygen atoms in total. The lowest BCUT2D eigenvalue weighted by Crippen LogP contribution is -2.33. The van der Waals surface area contributed by atoms with Gasteiger partial charge in [-0.3, -0.25) is 4.79 Å². The lowest BCUT2D eigenvalue weighted by molar-refractivity contribution is -0.187. The summed E-state index contributed by atoms with van der Waals surface area (Å²) in [6.45, 7) is -0.572. The SMILES string of the molecule is N#Cc1ccc(N2C[C@@H](C(F)(F)F)[C@H](C(=O)O)C2)cc1. The summed E-state index contributed by atoms with van der Waals surface area (Å²) in [6, 6.07) is 7.94. The average Bonchev–Trinajstić information content (AvgIpc) is 2.84. The number of rotatable bonds is 2. The summed E-state index contributed by atoms with van der Waals surface area (Å²) in [7, 11) is 0. The molecular formula is C13H11F3N2O2. The standard InChI is InChI=1S/C13H11F3N2O2/c14-13(15,16)11-7-18(6-10(11)12(19)20)9-3-1-8(5-17)2-4-9/h1-4,10-11H,6-7H2,(H,19,20)/t10-,11-/m1/s1. The van der Waals surface area contributed by atoms with Gasteiger partial charge in [-0.25, -0.2) is 0 Å². The first kappa shape index (κ1) is 14.2. The van der Waals surface area contributed by atoms with Crippen molar-refractivity contribution in [2.75, 3.05) is 18.0 Å². The van der Waals surface area contributed by atoms with Crippen molar-refractivity contribution in [1.29, 1.82) is 5.26 Å². The molecule has 1 aliphatic rings. The molecule has 106 valence electrons. The zero-order valence-corrected chi connectivity index (χ0v) is 10.3. The molecule has 0 saturated carbocycles. The highest BCUT2D eigenvalue weighted by Gasteiger charge is 2.52. The molecule has 7 heteroatoms. The van der Waals surface area contributed by atoms with Crippen molar-refractivity contribution in [2.24, 2.45) is 11.8 Å². The minimum atomic E-state index is -4.54. The monoisotopic (exact) mass is 284 g/mol. The molecule has 0 spiro atoms. The number of halogens is 3. The Hall–Kier alpha value is -2.23. The predicted molar refractivity (Wildman–Crippen MR) is 64.0 cm³/mol. The number of anilines is 1. The zero-order valence-electron chi connectivity index (χ0n) is 10.3. The van der Waals surface area contributed by atoms with Crippen molar-refractivity contribution in [3.8, 4) is 6.07 Å². The number of aliphatic carboxylic acids is 1. The summed E-state index contributed by atoms with van der Waals surface area (Å²) in [5.41, 5.74) is 0.886. The van der Waals surface area contributed by atoms with E-state index in [4.69, 9.17) is 10.4 Å². The molecule has 0 amide bonds. The number of hydrogen-bond donors (Lipinski definition) is 1. The zero-order chi connectivity index (χ0) is 14.9. The third-order valence-electron chi connectivity index (χ3n) is 3.42. The lowest BCUT2D eigenvalue weighted by Gasteiger charge is -2.19. The van der Waals surface area contributed by atoms with E-state index in [1.807, 2.05) is 6.07 Å². The first-order chi connectivity index (χ1) is 9.32. The average molecular weight is 284 g/mol. The number of carboxylic acid groups (broad SMARTS) is 1. The van der Waals surface area contributed by atoms with E-state index in [0.29, 0.717) is 11.3 Å². The van der Waals surface area contributed by atoms with Crippen molar-refractivity contribution in [3.63, 3.8) is 0 Å². The summed E-state index contributed by atoms with van der Waals surface area (Å²) in [5.74, 6) is -4.79. The van der Waals surface area contributed by atoms with Gasteiger partial charge in [-0.05, 0) is 24.3 Å². The summed E-state index contributed by atoms with van der Waals surface area (Å²) in [4.78, 5) is 12.4. The van der Waals surface area contributed by atoms with Crippen LogP contribution in [0.2, 0.25) is 0 Å². The van der Waals surface area contributed by atoms with E-state index in [0.717, 1.165) is 0 Å². The number of nitrogens with zero attached hydrogens (tertiary/aromatic N) is 2. The van der Waals surface area contributed by atoms with Gasteiger partial charge >= 0.3 is 12.1 Å². The highest BCUT2D eigenvalue weighted by molar-refractivity contribution is 5.73. The Morgan fingerprint density at radius 2 is 1.90 bits per heavy atom. The van der Waals surface area contributed by atoms with Gasteiger partial charge in [0.25, 0.3) is 0 Å². The Bertz CT molecular complexity index is 548. The molecule has 1 saturated heterocycles. The van der Waals surface area contributed by atoms with Crippen LogP contribution in [0.3, 0.4) is 0 Å². The van der Waals surface area contributed by atoms with E-state index in [1.54, 1.807) is 0 Å². The number of carbonyl (C=O) groups is 1. The first-order valence-corrected chi connectivity index (χ1v) is 5.87. The van der Waals surface area contributed by atoms with Crippen LogP contribution in [0.4, 0.5) is 18.9 Å². The van der Waals surface area contributed by atoms with Gasteiger partial charge in [0.1, 0.15) is 0 Å². The van der Waals surface area contributed by atoms with Crippen molar-refractivity contribution in [3.05, 3.63) is 29.8 Å². The molecular weight excluding hydrogens is 273 g/mol. The highest BCUT2D eigenvalue weighted by atomic mass is 19.4. The molecule has 0 radical (unpaired) electrons. The van der Waals surface area contributed by atoms with Gasteiger partial charge in [-0.1, -0.05) is 0 Å². The van der Waals surface area contributed by atoms with Crippen LogP contribution in [0.15, 0.2) is 24.3 Å². The first-order valence-electron chi connectivity index (χ1n) is 5.87. The second kappa shape index (κ2) is 5.04. The van der Waals surface area contributed by atoms with E-state index >= 15 is 0 Å². The molecule has 2 atom stereocenters. The fourth-order valence-electron chi connectivity index (χ4n) is 2.34. The number of benzene rings is 1. The van der Waals surface area contributed by atoms with Gasteiger partial charge in [-0.15, -0.1) is 0 Å². The van der Waals surface area contributed by atoms with Crippen LogP contribution in [0.25, 0.3) is 0 Å². The second-order valence-electron chi connectivity index (χ2n) is 4.66. The van der Waals surface area contributed by atoms with Crippen LogP contribution >= 0.6 is 0 Å². The van der Waals surface area contributed by atoms with Gasteiger partial charge in [0.15, 0.2) is 0 Å². The van der Waals surface area contributed by atoms with Crippen molar-refractivity contribution in [1.82, 2.24) is 0 Å². The van der Waals surface area contributed by atoms with E-state index in [9.17, 15) is 18.0 Å². The van der Waals surface area contributed by atoms with E-state index in [2.05, 4.69) is 0 Å². The minimum absolute atomic E-state index is 0.189. The Morgan fingerprint density at radius 3 is 2.30 bits per heavy atom. The smallest absolute Gasteiger partial charge is 0.394 e. The predicted octanol–water partition coefficient (Wildman–Crippen LogP) is 2.26. The fraction of sp³-hybridized carbons (Fsp3) is 0.385. The maximum Gasteiger partial charge on any atom is 0.394 e.